The van der Waals surface area contributed by atoms with Crippen LogP contribution in [0.25, 0.3) is 11.4 Å². The van der Waals surface area contributed by atoms with Crippen LogP contribution in [0.4, 0.5) is 5.69 Å². The summed E-state index contributed by atoms with van der Waals surface area (Å²) in [5.74, 6) is 1.31. The Bertz CT molecular complexity index is 892. The van der Waals surface area contributed by atoms with Crippen molar-refractivity contribution in [2.24, 2.45) is 0 Å². The molecule has 0 radical (unpaired) electrons. The molecule has 0 atom stereocenters. The predicted molar refractivity (Wildman–Crippen MR) is 87.9 cm³/mol. The molecule has 2 heterocycles. The van der Waals surface area contributed by atoms with Crippen molar-refractivity contribution in [3.05, 3.63) is 59.4 Å². The van der Waals surface area contributed by atoms with Crippen LogP contribution in [0.3, 0.4) is 0 Å². The summed E-state index contributed by atoms with van der Waals surface area (Å²) >= 11 is 5.88. The summed E-state index contributed by atoms with van der Waals surface area (Å²) in [6.07, 6.45) is 0. The highest BCUT2D eigenvalue weighted by molar-refractivity contribution is 6.30. The van der Waals surface area contributed by atoms with Gasteiger partial charge in [0.05, 0.1) is 5.69 Å². The van der Waals surface area contributed by atoms with Gasteiger partial charge in [-0.3, -0.25) is 9.69 Å². The topological polar surface area (TPSA) is 68.5 Å². The lowest BCUT2D eigenvalue weighted by Gasteiger charge is -2.27. The maximum absolute atomic E-state index is 12.2. The molecule has 1 aliphatic heterocycles. The molecule has 0 aliphatic carbocycles. The summed E-state index contributed by atoms with van der Waals surface area (Å²) in [5, 5.41) is 4.60. The summed E-state index contributed by atoms with van der Waals surface area (Å²) in [4.78, 5) is 18.1. The van der Waals surface area contributed by atoms with Crippen molar-refractivity contribution >= 4 is 23.2 Å². The quantitative estimate of drug-likeness (QED) is 0.731. The number of carbonyl (C=O) groups excluding carboxylic acids is 1. The highest BCUT2D eigenvalue weighted by Crippen LogP contribution is 2.32. The van der Waals surface area contributed by atoms with E-state index in [9.17, 15) is 4.79 Å². The van der Waals surface area contributed by atoms with Crippen LogP contribution in [0, 0.1) is 0 Å². The SMILES string of the molecule is O=C1COc2ccccc2N1Cc1nc(-c2ccc(Cl)cc2)no1. The van der Waals surface area contributed by atoms with Crippen LogP contribution in [0.1, 0.15) is 5.89 Å². The minimum Gasteiger partial charge on any atom is -0.482 e. The lowest BCUT2D eigenvalue weighted by Crippen LogP contribution is -2.38. The third-order valence-electron chi connectivity index (χ3n) is 3.67. The van der Waals surface area contributed by atoms with Gasteiger partial charge in [0.2, 0.25) is 11.7 Å². The van der Waals surface area contributed by atoms with E-state index in [1.807, 2.05) is 36.4 Å². The van der Waals surface area contributed by atoms with Crippen LogP contribution in [0.15, 0.2) is 53.1 Å². The van der Waals surface area contributed by atoms with Gasteiger partial charge in [0.25, 0.3) is 5.91 Å². The molecule has 120 valence electrons. The number of aromatic nitrogens is 2. The molecular formula is C17H12ClN3O3. The largest absolute Gasteiger partial charge is 0.482 e. The molecule has 0 fully saturated rings. The second-order valence-corrected chi connectivity index (χ2v) is 5.69. The van der Waals surface area contributed by atoms with Crippen molar-refractivity contribution in [2.45, 2.75) is 6.54 Å². The number of carbonyl (C=O) groups is 1. The molecule has 7 heteroatoms. The van der Waals surface area contributed by atoms with Gasteiger partial charge in [0, 0.05) is 10.6 Å². The van der Waals surface area contributed by atoms with Crippen molar-refractivity contribution < 1.29 is 14.1 Å². The van der Waals surface area contributed by atoms with E-state index < -0.39 is 0 Å². The first-order chi connectivity index (χ1) is 11.7. The number of rotatable bonds is 3. The molecule has 2 aromatic carbocycles. The second kappa shape index (κ2) is 5.98. The minimum atomic E-state index is -0.153. The van der Waals surface area contributed by atoms with E-state index in [1.54, 1.807) is 17.0 Å². The number of amides is 1. The van der Waals surface area contributed by atoms with Crippen LogP contribution in [0.5, 0.6) is 5.75 Å². The fourth-order valence-electron chi connectivity index (χ4n) is 2.50. The Morgan fingerprint density at radius 3 is 2.75 bits per heavy atom. The molecule has 0 N–H and O–H groups in total. The first-order valence-corrected chi connectivity index (χ1v) is 7.69. The maximum atomic E-state index is 12.2. The first kappa shape index (κ1) is 14.7. The monoisotopic (exact) mass is 341 g/mol. The van der Waals surface area contributed by atoms with Crippen LogP contribution in [-0.4, -0.2) is 22.7 Å². The van der Waals surface area contributed by atoms with Crippen LogP contribution >= 0.6 is 11.6 Å². The Labute approximate surface area is 142 Å². The van der Waals surface area contributed by atoms with E-state index >= 15 is 0 Å². The summed E-state index contributed by atoms with van der Waals surface area (Å²) in [6.45, 7) is 0.189. The Hall–Kier alpha value is -2.86. The zero-order chi connectivity index (χ0) is 16.5. The molecule has 0 saturated heterocycles. The zero-order valence-electron chi connectivity index (χ0n) is 12.5. The molecule has 6 nitrogen and oxygen atoms in total. The Morgan fingerprint density at radius 1 is 1.12 bits per heavy atom. The fraction of sp³-hybridized carbons (Fsp3) is 0.118. The lowest BCUT2D eigenvalue weighted by molar-refractivity contribution is -0.121. The van der Waals surface area contributed by atoms with Crippen molar-refractivity contribution in [3.8, 4) is 17.1 Å². The van der Waals surface area contributed by atoms with Crippen LogP contribution < -0.4 is 9.64 Å². The van der Waals surface area contributed by atoms with E-state index in [0.717, 1.165) is 5.56 Å². The molecule has 0 bridgehead atoms. The van der Waals surface area contributed by atoms with Gasteiger partial charge in [-0.25, -0.2) is 0 Å². The van der Waals surface area contributed by atoms with E-state index in [0.29, 0.717) is 28.2 Å². The Kier molecular flexibility index (Phi) is 3.66. The summed E-state index contributed by atoms with van der Waals surface area (Å²) in [7, 11) is 0. The molecule has 0 unspecified atom stereocenters. The molecule has 3 aromatic rings. The molecule has 1 aliphatic rings. The summed E-state index contributed by atoms with van der Waals surface area (Å²) in [5.41, 5.74) is 1.49. The van der Waals surface area contributed by atoms with Gasteiger partial charge in [0.1, 0.15) is 12.3 Å². The van der Waals surface area contributed by atoms with Gasteiger partial charge in [-0.2, -0.15) is 4.98 Å². The average molecular weight is 342 g/mol. The normalized spacial score (nSPS) is 13.5. The smallest absolute Gasteiger partial charge is 0.265 e. The number of fused-ring (bicyclic) bond motifs is 1. The standard InChI is InChI=1S/C17H12ClN3O3/c18-12-7-5-11(6-8-12)17-19-15(24-20-17)9-21-13-3-1-2-4-14(13)23-10-16(21)22/h1-8H,9-10H2. The van der Waals surface area contributed by atoms with Crippen molar-refractivity contribution in [3.63, 3.8) is 0 Å². The molecule has 24 heavy (non-hydrogen) atoms. The van der Waals surface area contributed by atoms with E-state index in [-0.39, 0.29) is 19.1 Å². The van der Waals surface area contributed by atoms with Gasteiger partial charge in [-0.1, -0.05) is 28.9 Å². The van der Waals surface area contributed by atoms with Crippen molar-refractivity contribution in [1.82, 2.24) is 10.1 Å². The number of hydrogen-bond acceptors (Lipinski definition) is 5. The minimum absolute atomic E-state index is 0.00477. The Morgan fingerprint density at radius 2 is 1.92 bits per heavy atom. The van der Waals surface area contributed by atoms with E-state index in [4.69, 9.17) is 20.9 Å². The molecular weight excluding hydrogens is 330 g/mol. The lowest BCUT2D eigenvalue weighted by atomic mass is 10.2. The molecule has 1 amide bonds. The van der Waals surface area contributed by atoms with Crippen LogP contribution in [0.2, 0.25) is 5.02 Å². The Balaban J connectivity index is 1.60. The van der Waals surface area contributed by atoms with Gasteiger partial charge < -0.3 is 9.26 Å². The molecule has 0 saturated carbocycles. The van der Waals surface area contributed by atoms with E-state index in [2.05, 4.69) is 10.1 Å². The maximum Gasteiger partial charge on any atom is 0.265 e. The van der Waals surface area contributed by atoms with Gasteiger partial charge in [-0.05, 0) is 36.4 Å². The molecule has 1 aromatic heterocycles. The number of para-hydroxylation sites is 2. The second-order valence-electron chi connectivity index (χ2n) is 5.25. The number of benzene rings is 2. The summed E-state index contributed by atoms with van der Waals surface area (Å²) < 4.78 is 10.7. The highest BCUT2D eigenvalue weighted by atomic mass is 35.5. The van der Waals surface area contributed by atoms with Crippen molar-refractivity contribution in [1.29, 1.82) is 0 Å². The van der Waals surface area contributed by atoms with Crippen LogP contribution in [-0.2, 0) is 11.3 Å². The number of nitrogens with zero attached hydrogens (tertiary/aromatic N) is 3. The third kappa shape index (κ3) is 2.72. The first-order valence-electron chi connectivity index (χ1n) is 7.31. The highest BCUT2D eigenvalue weighted by Gasteiger charge is 2.27. The number of halogens is 1. The zero-order valence-corrected chi connectivity index (χ0v) is 13.2. The summed E-state index contributed by atoms with van der Waals surface area (Å²) in [6, 6.07) is 14.5. The third-order valence-corrected chi connectivity index (χ3v) is 3.92. The predicted octanol–water partition coefficient (Wildman–Crippen LogP) is 3.32. The number of anilines is 1. The van der Waals surface area contributed by atoms with Crippen molar-refractivity contribution in [2.75, 3.05) is 11.5 Å². The fourth-order valence-corrected chi connectivity index (χ4v) is 2.62. The van der Waals surface area contributed by atoms with Gasteiger partial charge in [0.15, 0.2) is 6.61 Å². The molecule has 4 rings (SSSR count). The molecule has 0 spiro atoms. The van der Waals surface area contributed by atoms with Gasteiger partial charge in [-0.15, -0.1) is 0 Å². The van der Waals surface area contributed by atoms with E-state index in [1.165, 1.54) is 0 Å². The number of hydrogen-bond donors (Lipinski definition) is 0. The van der Waals surface area contributed by atoms with Gasteiger partial charge >= 0.3 is 0 Å². The average Bonchev–Trinajstić information content (AvgIpc) is 3.07. The number of ether oxygens (including phenoxy) is 1.